The summed E-state index contributed by atoms with van der Waals surface area (Å²) in [7, 11) is 1.75. The molecular weight excluding hydrogens is 308 g/mol. The quantitative estimate of drug-likeness (QED) is 0.784. The minimum absolute atomic E-state index is 0.0740. The lowest BCUT2D eigenvalue weighted by Gasteiger charge is -2.48. The lowest BCUT2D eigenvalue weighted by Crippen LogP contribution is -2.57. The molecule has 0 aromatic heterocycles. The Balaban J connectivity index is 1.54. The van der Waals surface area contributed by atoms with Gasteiger partial charge in [-0.1, -0.05) is 6.42 Å². The summed E-state index contributed by atoms with van der Waals surface area (Å²) in [6.45, 7) is 3.13. The Hall–Kier alpha value is -1.14. The largest absolute Gasteiger partial charge is 0.378 e. The van der Waals surface area contributed by atoms with E-state index in [4.69, 9.17) is 9.47 Å². The van der Waals surface area contributed by atoms with Crippen LogP contribution >= 0.6 is 0 Å². The Morgan fingerprint density at radius 1 is 1.21 bits per heavy atom. The number of carbonyl (C=O) groups is 2. The molecule has 3 rings (SSSR count). The summed E-state index contributed by atoms with van der Waals surface area (Å²) in [5.74, 6) is 0.203. The lowest BCUT2D eigenvalue weighted by molar-refractivity contribution is -0.188. The zero-order valence-electron chi connectivity index (χ0n) is 14.8. The number of nitrogens with zero attached hydrogens (tertiary/aromatic N) is 2. The van der Waals surface area contributed by atoms with Crippen LogP contribution < -0.4 is 0 Å². The van der Waals surface area contributed by atoms with Gasteiger partial charge in [0.2, 0.25) is 11.8 Å². The summed E-state index contributed by atoms with van der Waals surface area (Å²) in [5, 5.41) is 0. The summed E-state index contributed by atoms with van der Waals surface area (Å²) in [4.78, 5) is 28.3. The Morgan fingerprint density at radius 2 is 2.00 bits per heavy atom. The van der Waals surface area contributed by atoms with Crippen LogP contribution in [-0.4, -0.2) is 73.2 Å². The molecule has 1 spiro atoms. The molecule has 136 valence electrons. The van der Waals surface area contributed by atoms with Crippen LogP contribution in [0.3, 0.4) is 0 Å². The molecule has 3 saturated heterocycles. The molecule has 3 aliphatic rings. The summed E-state index contributed by atoms with van der Waals surface area (Å²) in [6.07, 6.45) is 7.48. The van der Waals surface area contributed by atoms with Gasteiger partial charge in [-0.3, -0.25) is 9.59 Å². The third kappa shape index (κ3) is 3.75. The molecule has 3 fully saturated rings. The molecule has 0 aromatic carbocycles. The van der Waals surface area contributed by atoms with Gasteiger partial charge in [0.25, 0.3) is 0 Å². The fourth-order valence-electron chi connectivity index (χ4n) is 4.30. The maximum atomic E-state index is 12.6. The molecular formula is C18H30N2O4. The topological polar surface area (TPSA) is 59.1 Å². The van der Waals surface area contributed by atoms with E-state index in [1.54, 1.807) is 12.0 Å². The highest BCUT2D eigenvalue weighted by Gasteiger charge is 2.45. The van der Waals surface area contributed by atoms with Gasteiger partial charge in [-0.15, -0.1) is 0 Å². The number of hydrogen-bond acceptors (Lipinski definition) is 4. The zero-order chi connectivity index (χ0) is 17.0. The SMILES string of the molecule is COC1CCCOC12CCN(C(=O)CN1CCCCCC1=O)CC2. The van der Waals surface area contributed by atoms with Gasteiger partial charge in [-0.05, 0) is 38.5 Å². The van der Waals surface area contributed by atoms with Crippen LogP contribution in [0, 0.1) is 0 Å². The molecule has 3 aliphatic heterocycles. The molecule has 0 N–H and O–H groups in total. The van der Waals surface area contributed by atoms with Crippen LogP contribution in [0.5, 0.6) is 0 Å². The van der Waals surface area contributed by atoms with E-state index in [0.717, 1.165) is 58.1 Å². The van der Waals surface area contributed by atoms with Crippen molar-refractivity contribution in [2.75, 3.05) is 39.9 Å². The fourth-order valence-corrected chi connectivity index (χ4v) is 4.30. The molecule has 2 amide bonds. The van der Waals surface area contributed by atoms with Crippen molar-refractivity contribution in [2.45, 2.75) is 63.1 Å². The van der Waals surface area contributed by atoms with E-state index in [9.17, 15) is 9.59 Å². The van der Waals surface area contributed by atoms with Crippen LogP contribution in [-0.2, 0) is 19.1 Å². The molecule has 0 saturated carbocycles. The number of methoxy groups -OCH3 is 1. The predicted molar refractivity (Wildman–Crippen MR) is 89.6 cm³/mol. The number of likely N-dealkylation sites (tertiary alicyclic amines) is 2. The highest BCUT2D eigenvalue weighted by atomic mass is 16.5. The Morgan fingerprint density at radius 3 is 2.75 bits per heavy atom. The highest BCUT2D eigenvalue weighted by molar-refractivity contribution is 5.85. The van der Waals surface area contributed by atoms with E-state index < -0.39 is 0 Å². The number of carbonyl (C=O) groups excluding carboxylic acids is 2. The van der Waals surface area contributed by atoms with Crippen molar-refractivity contribution in [3.8, 4) is 0 Å². The molecule has 0 bridgehead atoms. The number of ether oxygens (including phenoxy) is 2. The van der Waals surface area contributed by atoms with E-state index in [-0.39, 0.29) is 30.1 Å². The van der Waals surface area contributed by atoms with Crippen molar-refractivity contribution in [1.82, 2.24) is 9.80 Å². The highest BCUT2D eigenvalue weighted by Crippen LogP contribution is 2.36. The van der Waals surface area contributed by atoms with Crippen LogP contribution in [0.1, 0.15) is 51.4 Å². The predicted octanol–water partition coefficient (Wildman–Crippen LogP) is 1.58. The monoisotopic (exact) mass is 338 g/mol. The van der Waals surface area contributed by atoms with E-state index in [2.05, 4.69) is 0 Å². The van der Waals surface area contributed by atoms with Crippen molar-refractivity contribution < 1.29 is 19.1 Å². The smallest absolute Gasteiger partial charge is 0.242 e. The first-order valence-electron chi connectivity index (χ1n) is 9.37. The second-order valence-corrected chi connectivity index (χ2v) is 7.29. The minimum atomic E-state index is -0.220. The lowest BCUT2D eigenvalue weighted by atomic mass is 9.82. The molecule has 1 atom stereocenters. The normalized spacial score (nSPS) is 28.0. The average Bonchev–Trinajstić information content (AvgIpc) is 2.80. The summed E-state index contributed by atoms with van der Waals surface area (Å²) in [5.41, 5.74) is -0.220. The standard InChI is InChI=1S/C18H30N2O4/c1-23-15-6-5-13-24-18(15)8-11-19(12-9-18)17(22)14-20-10-4-2-3-7-16(20)21/h15H,2-14H2,1H3. The molecule has 0 radical (unpaired) electrons. The average molecular weight is 338 g/mol. The first kappa shape index (κ1) is 17.7. The van der Waals surface area contributed by atoms with Crippen molar-refractivity contribution in [3.05, 3.63) is 0 Å². The second-order valence-electron chi connectivity index (χ2n) is 7.29. The zero-order valence-corrected chi connectivity index (χ0v) is 14.8. The number of rotatable bonds is 3. The van der Waals surface area contributed by atoms with E-state index in [1.165, 1.54) is 0 Å². The van der Waals surface area contributed by atoms with Gasteiger partial charge in [-0.25, -0.2) is 0 Å². The van der Waals surface area contributed by atoms with Gasteiger partial charge in [0.05, 0.1) is 18.2 Å². The maximum absolute atomic E-state index is 12.6. The van der Waals surface area contributed by atoms with Crippen LogP contribution in [0.4, 0.5) is 0 Å². The van der Waals surface area contributed by atoms with E-state index in [1.807, 2.05) is 4.90 Å². The van der Waals surface area contributed by atoms with Gasteiger partial charge in [0.15, 0.2) is 0 Å². The van der Waals surface area contributed by atoms with Crippen LogP contribution in [0.15, 0.2) is 0 Å². The Labute approximate surface area is 144 Å². The Bertz CT molecular complexity index is 460. The van der Waals surface area contributed by atoms with Crippen molar-refractivity contribution in [2.24, 2.45) is 0 Å². The summed E-state index contributed by atoms with van der Waals surface area (Å²) >= 11 is 0. The van der Waals surface area contributed by atoms with Crippen molar-refractivity contribution in [1.29, 1.82) is 0 Å². The van der Waals surface area contributed by atoms with Crippen molar-refractivity contribution in [3.63, 3.8) is 0 Å². The summed E-state index contributed by atoms with van der Waals surface area (Å²) in [6, 6.07) is 0. The third-order valence-electron chi connectivity index (χ3n) is 5.83. The number of amides is 2. The Kier molecular flexibility index (Phi) is 5.76. The van der Waals surface area contributed by atoms with E-state index >= 15 is 0 Å². The van der Waals surface area contributed by atoms with E-state index in [0.29, 0.717) is 19.5 Å². The molecule has 3 heterocycles. The molecule has 6 nitrogen and oxygen atoms in total. The molecule has 6 heteroatoms. The molecule has 0 aliphatic carbocycles. The maximum Gasteiger partial charge on any atom is 0.242 e. The van der Waals surface area contributed by atoms with Crippen LogP contribution in [0.2, 0.25) is 0 Å². The summed E-state index contributed by atoms with van der Waals surface area (Å²) < 4.78 is 11.7. The van der Waals surface area contributed by atoms with Gasteiger partial charge in [0.1, 0.15) is 0 Å². The van der Waals surface area contributed by atoms with Gasteiger partial charge >= 0.3 is 0 Å². The first-order chi connectivity index (χ1) is 11.6. The number of hydrogen-bond donors (Lipinski definition) is 0. The van der Waals surface area contributed by atoms with Crippen molar-refractivity contribution >= 4 is 11.8 Å². The molecule has 24 heavy (non-hydrogen) atoms. The van der Waals surface area contributed by atoms with Crippen LogP contribution in [0.25, 0.3) is 0 Å². The first-order valence-corrected chi connectivity index (χ1v) is 9.37. The van der Waals surface area contributed by atoms with Gasteiger partial charge in [-0.2, -0.15) is 0 Å². The third-order valence-corrected chi connectivity index (χ3v) is 5.83. The second kappa shape index (κ2) is 7.83. The minimum Gasteiger partial charge on any atom is -0.378 e. The molecule has 1 unspecified atom stereocenters. The molecule has 0 aromatic rings. The number of piperidine rings is 1. The van der Waals surface area contributed by atoms with Gasteiger partial charge in [0, 0.05) is 39.8 Å². The fraction of sp³-hybridized carbons (Fsp3) is 0.889. The van der Waals surface area contributed by atoms with Gasteiger partial charge < -0.3 is 19.3 Å².